The van der Waals surface area contributed by atoms with Crippen LogP contribution in [0.4, 0.5) is 0 Å². The van der Waals surface area contributed by atoms with Crippen LogP contribution in [0.2, 0.25) is 0 Å². The Balaban J connectivity index is 2.39. The molecular weight excluding hydrogens is 312 g/mol. The van der Waals surface area contributed by atoms with Crippen LogP contribution in [0, 0.1) is 6.92 Å². The van der Waals surface area contributed by atoms with E-state index in [0.29, 0.717) is 5.92 Å². The average Bonchev–Trinajstić information content (AvgIpc) is 2.44. The van der Waals surface area contributed by atoms with Crippen LogP contribution in [0.1, 0.15) is 48.1 Å². The van der Waals surface area contributed by atoms with E-state index in [1.807, 2.05) is 0 Å². The van der Waals surface area contributed by atoms with Crippen molar-refractivity contribution in [2.24, 2.45) is 5.84 Å². The second-order valence-electron chi connectivity index (χ2n) is 5.45. The quantitative estimate of drug-likeness (QED) is 0.641. The standard InChI is InChI=1S/C17H21BrN2/c1-11(2)13-5-7-14(8-6-13)17(20-19)15-10-12(3)4-9-16(15)18/h4-11,17,20H,19H2,1-3H3. The number of benzene rings is 2. The zero-order valence-electron chi connectivity index (χ0n) is 12.2. The van der Waals surface area contributed by atoms with Crippen molar-refractivity contribution in [2.75, 3.05) is 0 Å². The molecule has 0 saturated heterocycles. The first-order valence-corrected chi connectivity index (χ1v) is 7.64. The van der Waals surface area contributed by atoms with Gasteiger partial charge in [0.1, 0.15) is 0 Å². The molecule has 0 amide bonds. The molecule has 2 nitrogen and oxygen atoms in total. The van der Waals surface area contributed by atoms with Gasteiger partial charge in [-0.2, -0.15) is 0 Å². The first-order chi connectivity index (χ1) is 9.52. The Kier molecular flexibility index (Phi) is 4.97. The molecular formula is C17H21BrN2. The highest BCUT2D eigenvalue weighted by Gasteiger charge is 2.15. The van der Waals surface area contributed by atoms with Gasteiger partial charge < -0.3 is 0 Å². The van der Waals surface area contributed by atoms with Crippen LogP contribution in [0.5, 0.6) is 0 Å². The van der Waals surface area contributed by atoms with E-state index >= 15 is 0 Å². The molecule has 0 spiro atoms. The summed E-state index contributed by atoms with van der Waals surface area (Å²) in [5, 5.41) is 0. The topological polar surface area (TPSA) is 38.0 Å². The molecule has 0 aromatic heterocycles. The summed E-state index contributed by atoms with van der Waals surface area (Å²) >= 11 is 3.61. The van der Waals surface area contributed by atoms with Gasteiger partial charge in [0, 0.05) is 4.47 Å². The summed E-state index contributed by atoms with van der Waals surface area (Å²) in [4.78, 5) is 0. The molecule has 0 radical (unpaired) electrons. The maximum Gasteiger partial charge on any atom is 0.0721 e. The zero-order valence-corrected chi connectivity index (χ0v) is 13.7. The van der Waals surface area contributed by atoms with Gasteiger partial charge in [0.25, 0.3) is 0 Å². The molecule has 0 fully saturated rings. The third-order valence-corrected chi connectivity index (χ3v) is 4.29. The fourth-order valence-corrected chi connectivity index (χ4v) is 2.80. The van der Waals surface area contributed by atoms with Crippen molar-refractivity contribution in [1.82, 2.24) is 5.43 Å². The first-order valence-electron chi connectivity index (χ1n) is 6.85. The van der Waals surface area contributed by atoms with Gasteiger partial charge in [0.05, 0.1) is 6.04 Å². The normalized spacial score (nSPS) is 12.7. The van der Waals surface area contributed by atoms with Crippen LogP contribution in [-0.2, 0) is 0 Å². The smallest absolute Gasteiger partial charge is 0.0721 e. The van der Waals surface area contributed by atoms with Crippen LogP contribution in [0.25, 0.3) is 0 Å². The Morgan fingerprint density at radius 2 is 1.60 bits per heavy atom. The van der Waals surface area contributed by atoms with Crippen LogP contribution in [-0.4, -0.2) is 0 Å². The Morgan fingerprint density at radius 3 is 2.15 bits per heavy atom. The van der Waals surface area contributed by atoms with Crippen molar-refractivity contribution >= 4 is 15.9 Å². The Bertz CT molecular complexity index is 576. The number of hydrogen-bond donors (Lipinski definition) is 2. The summed E-state index contributed by atoms with van der Waals surface area (Å²) in [7, 11) is 0. The summed E-state index contributed by atoms with van der Waals surface area (Å²) in [6.45, 7) is 6.49. The van der Waals surface area contributed by atoms with Crippen LogP contribution < -0.4 is 11.3 Å². The highest BCUT2D eigenvalue weighted by molar-refractivity contribution is 9.10. The molecule has 0 heterocycles. The van der Waals surface area contributed by atoms with E-state index < -0.39 is 0 Å². The summed E-state index contributed by atoms with van der Waals surface area (Å²) in [5.74, 6) is 6.32. The molecule has 1 unspecified atom stereocenters. The lowest BCUT2D eigenvalue weighted by Gasteiger charge is -2.19. The molecule has 0 aliphatic rings. The number of halogens is 1. The predicted molar refractivity (Wildman–Crippen MR) is 88.6 cm³/mol. The Morgan fingerprint density at radius 1 is 1.00 bits per heavy atom. The minimum absolute atomic E-state index is 0.00881. The molecule has 0 saturated carbocycles. The number of rotatable bonds is 4. The van der Waals surface area contributed by atoms with Crippen LogP contribution in [0.15, 0.2) is 46.9 Å². The van der Waals surface area contributed by atoms with Crippen LogP contribution in [0.3, 0.4) is 0 Å². The summed E-state index contributed by atoms with van der Waals surface area (Å²) in [5.41, 5.74) is 7.81. The van der Waals surface area contributed by atoms with E-state index in [4.69, 9.17) is 5.84 Å². The van der Waals surface area contributed by atoms with Crippen molar-refractivity contribution in [3.05, 3.63) is 69.2 Å². The van der Waals surface area contributed by atoms with Gasteiger partial charge in [-0.1, -0.05) is 71.7 Å². The molecule has 1 atom stereocenters. The third kappa shape index (κ3) is 3.29. The lowest BCUT2D eigenvalue weighted by Crippen LogP contribution is -2.29. The van der Waals surface area contributed by atoms with Gasteiger partial charge in [0.2, 0.25) is 0 Å². The zero-order chi connectivity index (χ0) is 14.7. The molecule has 3 N–H and O–H groups in total. The highest BCUT2D eigenvalue weighted by Crippen LogP contribution is 2.29. The number of hydrogen-bond acceptors (Lipinski definition) is 2. The van der Waals surface area contributed by atoms with E-state index in [1.54, 1.807) is 0 Å². The predicted octanol–water partition coefficient (Wildman–Crippen LogP) is 4.43. The number of hydrazine groups is 1. The summed E-state index contributed by atoms with van der Waals surface area (Å²) in [6.07, 6.45) is 0. The van der Waals surface area contributed by atoms with Gasteiger partial charge >= 0.3 is 0 Å². The highest BCUT2D eigenvalue weighted by atomic mass is 79.9. The van der Waals surface area contributed by atoms with Crippen molar-refractivity contribution in [3.8, 4) is 0 Å². The minimum atomic E-state index is -0.00881. The van der Waals surface area contributed by atoms with E-state index in [1.165, 1.54) is 16.7 Å². The number of nitrogens with two attached hydrogens (primary N) is 1. The molecule has 0 aliphatic heterocycles. The van der Waals surface area contributed by atoms with Gasteiger partial charge in [-0.15, -0.1) is 0 Å². The monoisotopic (exact) mass is 332 g/mol. The summed E-state index contributed by atoms with van der Waals surface area (Å²) in [6, 6.07) is 14.9. The van der Waals surface area contributed by atoms with E-state index in [-0.39, 0.29) is 6.04 Å². The second kappa shape index (κ2) is 6.53. The number of aryl methyl sites for hydroxylation is 1. The van der Waals surface area contributed by atoms with E-state index in [2.05, 4.69) is 84.6 Å². The van der Waals surface area contributed by atoms with Gasteiger partial charge in [-0.25, -0.2) is 5.43 Å². The maximum atomic E-state index is 5.78. The van der Waals surface area contributed by atoms with Gasteiger partial charge in [-0.3, -0.25) is 5.84 Å². The molecule has 2 aromatic carbocycles. The van der Waals surface area contributed by atoms with Crippen molar-refractivity contribution in [2.45, 2.75) is 32.7 Å². The first kappa shape index (κ1) is 15.2. The largest absolute Gasteiger partial charge is 0.271 e. The molecule has 2 aromatic rings. The molecule has 0 aliphatic carbocycles. The van der Waals surface area contributed by atoms with E-state index in [9.17, 15) is 0 Å². The fourth-order valence-electron chi connectivity index (χ4n) is 2.32. The number of nitrogens with one attached hydrogen (secondary N) is 1. The summed E-state index contributed by atoms with van der Waals surface area (Å²) < 4.78 is 1.07. The SMILES string of the molecule is Cc1ccc(Br)c(C(NN)c2ccc(C(C)C)cc2)c1. The van der Waals surface area contributed by atoms with Gasteiger partial charge in [0.15, 0.2) is 0 Å². The Labute approximate surface area is 129 Å². The lowest BCUT2D eigenvalue weighted by molar-refractivity contribution is 0.633. The Hall–Kier alpha value is -1.16. The minimum Gasteiger partial charge on any atom is -0.271 e. The molecule has 106 valence electrons. The van der Waals surface area contributed by atoms with Gasteiger partial charge in [-0.05, 0) is 35.6 Å². The van der Waals surface area contributed by atoms with Crippen molar-refractivity contribution in [3.63, 3.8) is 0 Å². The van der Waals surface area contributed by atoms with Crippen molar-refractivity contribution < 1.29 is 0 Å². The molecule has 3 heteroatoms. The molecule has 0 bridgehead atoms. The molecule has 2 rings (SSSR count). The van der Waals surface area contributed by atoms with Crippen molar-refractivity contribution in [1.29, 1.82) is 0 Å². The van der Waals surface area contributed by atoms with Crippen LogP contribution >= 0.6 is 15.9 Å². The fraction of sp³-hybridized carbons (Fsp3) is 0.294. The average molecular weight is 333 g/mol. The third-order valence-electron chi connectivity index (χ3n) is 3.57. The molecule has 20 heavy (non-hydrogen) atoms. The lowest BCUT2D eigenvalue weighted by atomic mass is 9.95. The maximum absolute atomic E-state index is 5.78. The second-order valence-corrected chi connectivity index (χ2v) is 6.30. The van der Waals surface area contributed by atoms with E-state index in [0.717, 1.165) is 10.0 Å².